The van der Waals surface area contributed by atoms with E-state index >= 15 is 0 Å². The Labute approximate surface area is 171 Å². The molecule has 1 aromatic carbocycles. The Morgan fingerprint density at radius 2 is 1.93 bits per heavy atom. The van der Waals surface area contributed by atoms with E-state index in [1.165, 1.54) is 10.4 Å². The van der Waals surface area contributed by atoms with Crippen molar-refractivity contribution in [3.63, 3.8) is 0 Å². The van der Waals surface area contributed by atoms with Crippen molar-refractivity contribution in [3.05, 3.63) is 60.1 Å². The molecule has 1 fully saturated rings. The van der Waals surface area contributed by atoms with Crippen molar-refractivity contribution >= 4 is 15.9 Å². The van der Waals surface area contributed by atoms with Crippen molar-refractivity contribution in [1.82, 2.24) is 9.21 Å². The van der Waals surface area contributed by atoms with Gasteiger partial charge in [-0.05, 0) is 37.5 Å². The predicted molar refractivity (Wildman–Crippen MR) is 109 cm³/mol. The van der Waals surface area contributed by atoms with Gasteiger partial charge in [0.15, 0.2) is 5.76 Å². The van der Waals surface area contributed by atoms with Gasteiger partial charge in [-0.25, -0.2) is 8.42 Å². The number of furan rings is 1. The van der Waals surface area contributed by atoms with E-state index in [0.29, 0.717) is 26.2 Å². The highest BCUT2D eigenvalue weighted by Crippen LogP contribution is 2.27. The number of carbonyl (C=O) groups is 1. The predicted octanol–water partition coefficient (Wildman–Crippen LogP) is 3.21. The molecule has 1 aromatic heterocycles. The fraction of sp³-hybridized carbons (Fsp3) is 0.381. The maximum atomic E-state index is 13.0. The molecule has 1 aliphatic rings. The van der Waals surface area contributed by atoms with Crippen LogP contribution >= 0.6 is 0 Å². The lowest BCUT2D eigenvalue weighted by Gasteiger charge is -2.20. The molecular formula is C21H26N2O5S. The summed E-state index contributed by atoms with van der Waals surface area (Å²) < 4.78 is 37.9. The summed E-state index contributed by atoms with van der Waals surface area (Å²) in [6, 6.07) is 8.74. The first-order chi connectivity index (χ1) is 13.9. The summed E-state index contributed by atoms with van der Waals surface area (Å²) in [6.45, 7) is 6.92. The normalized spacial score (nSPS) is 14.7. The third kappa shape index (κ3) is 4.54. The van der Waals surface area contributed by atoms with Crippen LogP contribution in [0, 0.1) is 6.92 Å². The summed E-state index contributed by atoms with van der Waals surface area (Å²) >= 11 is 0. The molecule has 3 rings (SSSR count). The lowest BCUT2D eigenvalue weighted by Crippen LogP contribution is -2.30. The van der Waals surface area contributed by atoms with Gasteiger partial charge in [-0.2, -0.15) is 4.31 Å². The van der Waals surface area contributed by atoms with Crippen LogP contribution in [0.1, 0.15) is 34.7 Å². The van der Waals surface area contributed by atoms with E-state index in [9.17, 15) is 13.2 Å². The number of ether oxygens (including phenoxy) is 1. The Bertz CT molecular complexity index is 973. The van der Waals surface area contributed by atoms with Gasteiger partial charge in [-0.1, -0.05) is 18.2 Å². The lowest BCUT2D eigenvalue weighted by molar-refractivity contribution is 0.0729. The van der Waals surface area contributed by atoms with Crippen molar-refractivity contribution in [3.8, 4) is 5.75 Å². The van der Waals surface area contributed by atoms with Gasteiger partial charge in [-0.3, -0.25) is 4.79 Å². The van der Waals surface area contributed by atoms with Crippen LogP contribution in [0.4, 0.5) is 0 Å². The van der Waals surface area contributed by atoms with Crippen LogP contribution in [0.3, 0.4) is 0 Å². The number of nitrogens with zero attached hydrogens (tertiary/aromatic N) is 2. The van der Waals surface area contributed by atoms with E-state index in [4.69, 9.17) is 9.15 Å². The molecule has 2 aromatic rings. The van der Waals surface area contributed by atoms with Crippen molar-refractivity contribution in [2.75, 3.05) is 26.7 Å². The molecule has 0 atom stereocenters. The van der Waals surface area contributed by atoms with Crippen molar-refractivity contribution in [1.29, 1.82) is 0 Å². The minimum absolute atomic E-state index is 0.00985. The van der Waals surface area contributed by atoms with Gasteiger partial charge in [0, 0.05) is 32.2 Å². The summed E-state index contributed by atoms with van der Waals surface area (Å²) in [4.78, 5) is 14.6. The molecule has 7 nitrogen and oxygen atoms in total. The zero-order chi connectivity index (χ0) is 21.0. The van der Waals surface area contributed by atoms with Gasteiger partial charge >= 0.3 is 0 Å². The highest BCUT2D eigenvalue weighted by atomic mass is 32.2. The number of rotatable bonds is 8. The molecule has 2 heterocycles. The Hall–Kier alpha value is -2.58. The molecular weight excluding hydrogens is 392 g/mol. The molecule has 1 saturated heterocycles. The minimum atomic E-state index is -3.65. The SMILES string of the molecule is C=CCN(Cc1ccc(OC)cc1)C(=O)c1cc(S(=O)(=O)N2CCCC2)c(C)o1. The quantitative estimate of drug-likeness (QED) is 0.615. The van der Waals surface area contributed by atoms with E-state index in [2.05, 4.69) is 6.58 Å². The monoisotopic (exact) mass is 418 g/mol. The zero-order valence-corrected chi connectivity index (χ0v) is 17.6. The number of hydrogen-bond acceptors (Lipinski definition) is 5. The fourth-order valence-corrected chi connectivity index (χ4v) is 5.05. The number of amides is 1. The van der Waals surface area contributed by atoms with Crippen molar-refractivity contribution in [2.24, 2.45) is 0 Å². The molecule has 0 spiro atoms. The second-order valence-electron chi connectivity index (χ2n) is 6.96. The van der Waals surface area contributed by atoms with Crippen LogP contribution in [0.2, 0.25) is 0 Å². The van der Waals surface area contributed by atoms with Gasteiger partial charge in [0.05, 0.1) is 7.11 Å². The molecule has 0 saturated carbocycles. The van der Waals surface area contributed by atoms with E-state index < -0.39 is 10.0 Å². The van der Waals surface area contributed by atoms with E-state index in [-0.39, 0.29) is 22.3 Å². The molecule has 0 unspecified atom stereocenters. The Morgan fingerprint density at radius 3 is 2.52 bits per heavy atom. The average Bonchev–Trinajstić information content (AvgIpc) is 3.38. The maximum Gasteiger partial charge on any atom is 0.290 e. The van der Waals surface area contributed by atoms with Crippen LogP contribution in [0.5, 0.6) is 5.75 Å². The summed E-state index contributed by atoms with van der Waals surface area (Å²) in [7, 11) is -2.06. The first-order valence-corrected chi connectivity index (χ1v) is 10.9. The van der Waals surface area contributed by atoms with Crippen LogP contribution < -0.4 is 4.74 Å². The minimum Gasteiger partial charge on any atom is -0.497 e. The van der Waals surface area contributed by atoms with Crippen LogP contribution in [-0.4, -0.2) is 50.3 Å². The van der Waals surface area contributed by atoms with E-state index in [0.717, 1.165) is 24.2 Å². The number of methoxy groups -OCH3 is 1. The van der Waals surface area contributed by atoms with E-state index in [1.54, 1.807) is 25.0 Å². The Morgan fingerprint density at radius 1 is 1.28 bits per heavy atom. The number of hydrogen-bond donors (Lipinski definition) is 0. The molecule has 8 heteroatoms. The van der Waals surface area contributed by atoms with Crippen LogP contribution in [-0.2, 0) is 16.6 Å². The van der Waals surface area contributed by atoms with Crippen molar-refractivity contribution in [2.45, 2.75) is 31.2 Å². The number of aryl methyl sites for hydroxylation is 1. The molecule has 1 amide bonds. The average molecular weight is 419 g/mol. The molecule has 1 aliphatic heterocycles. The largest absolute Gasteiger partial charge is 0.497 e. The topological polar surface area (TPSA) is 80.1 Å². The first-order valence-electron chi connectivity index (χ1n) is 9.50. The lowest BCUT2D eigenvalue weighted by atomic mass is 10.2. The zero-order valence-electron chi connectivity index (χ0n) is 16.8. The Kier molecular flexibility index (Phi) is 6.44. The summed E-state index contributed by atoms with van der Waals surface area (Å²) in [5.41, 5.74) is 0.911. The second-order valence-corrected chi connectivity index (χ2v) is 8.87. The molecule has 29 heavy (non-hydrogen) atoms. The van der Waals surface area contributed by atoms with Gasteiger partial charge < -0.3 is 14.1 Å². The summed E-state index contributed by atoms with van der Waals surface area (Å²) in [6.07, 6.45) is 3.31. The Balaban J connectivity index is 1.83. The van der Waals surface area contributed by atoms with Gasteiger partial charge in [-0.15, -0.1) is 6.58 Å². The van der Waals surface area contributed by atoms with Crippen molar-refractivity contribution < 1.29 is 22.4 Å². The molecule has 0 N–H and O–H groups in total. The number of sulfonamides is 1. The standard InChI is InChI=1S/C21H26N2O5S/c1-4-11-22(15-17-7-9-18(27-3)10-8-17)21(24)19-14-20(16(2)28-19)29(25,26)23-12-5-6-13-23/h4,7-10,14H,1,5-6,11-13,15H2,2-3H3. The summed E-state index contributed by atoms with van der Waals surface area (Å²) in [5, 5.41) is 0. The van der Waals surface area contributed by atoms with Crippen LogP contribution in [0.25, 0.3) is 0 Å². The smallest absolute Gasteiger partial charge is 0.290 e. The third-order valence-corrected chi connectivity index (χ3v) is 6.94. The molecule has 0 bridgehead atoms. The second kappa shape index (κ2) is 8.84. The first kappa shape index (κ1) is 21.1. The highest BCUT2D eigenvalue weighted by Gasteiger charge is 2.32. The van der Waals surface area contributed by atoms with Gasteiger partial charge in [0.2, 0.25) is 10.0 Å². The van der Waals surface area contributed by atoms with E-state index in [1.807, 2.05) is 24.3 Å². The third-order valence-electron chi connectivity index (χ3n) is 4.94. The summed E-state index contributed by atoms with van der Waals surface area (Å²) in [5.74, 6) is 0.583. The van der Waals surface area contributed by atoms with Crippen LogP contribution in [0.15, 0.2) is 52.3 Å². The number of carbonyl (C=O) groups excluding carboxylic acids is 1. The fourth-order valence-electron chi connectivity index (χ4n) is 3.38. The molecule has 0 radical (unpaired) electrons. The number of benzene rings is 1. The molecule has 0 aliphatic carbocycles. The maximum absolute atomic E-state index is 13.0. The van der Waals surface area contributed by atoms with Gasteiger partial charge in [0.1, 0.15) is 16.4 Å². The highest BCUT2D eigenvalue weighted by molar-refractivity contribution is 7.89. The molecule has 156 valence electrons. The van der Waals surface area contributed by atoms with Gasteiger partial charge in [0.25, 0.3) is 5.91 Å².